The first-order chi connectivity index (χ1) is 8.74. The maximum Gasteiger partial charge on any atom is 0.377 e. The molecule has 0 amide bonds. The number of nitrogens with zero attached hydrogens (tertiary/aromatic N) is 4. The summed E-state index contributed by atoms with van der Waals surface area (Å²) in [6.45, 7) is 0.985. The Morgan fingerprint density at radius 2 is 2.06 bits per heavy atom. The van der Waals surface area contributed by atoms with Gasteiger partial charge in [0.2, 0.25) is 0 Å². The number of carbonyl (C=O) groups is 1. The van der Waals surface area contributed by atoms with Gasteiger partial charge in [0.25, 0.3) is 5.82 Å². The van der Waals surface area contributed by atoms with E-state index in [9.17, 15) is 4.79 Å². The highest BCUT2D eigenvalue weighted by Crippen LogP contribution is 2.31. The number of fused-ring (bicyclic) bond motifs is 1. The average Bonchev–Trinajstić information content (AvgIpc) is 2.88. The van der Waals surface area contributed by atoms with Gasteiger partial charge in [-0.25, -0.2) is 4.79 Å². The van der Waals surface area contributed by atoms with Crippen molar-refractivity contribution in [2.45, 2.75) is 0 Å². The van der Waals surface area contributed by atoms with Gasteiger partial charge in [0.1, 0.15) is 13.2 Å². The maximum atomic E-state index is 10.7. The number of aromatic nitrogens is 4. The summed E-state index contributed by atoms with van der Waals surface area (Å²) in [5.74, 6) is -0.361. The molecule has 0 radical (unpaired) electrons. The zero-order valence-corrected chi connectivity index (χ0v) is 9.11. The minimum Gasteiger partial charge on any atom is -0.486 e. The van der Waals surface area contributed by atoms with Gasteiger partial charge in [-0.15, -0.1) is 15.0 Å². The minimum atomic E-state index is -1.22. The first-order valence-corrected chi connectivity index (χ1v) is 5.17. The Labute approximate surface area is 101 Å². The maximum absolute atomic E-state index is 10.7. The lowest BCUT2D eigenvalue weighted by atomic mass is 10.2. The van der Waals surface area contributed by atoms with E-state index in [4.69, 9.17) is 14.6 Å². The number of hydrogen-bond donors (Lipinski definition) is 1. The van der Waals surface area contributed by atoms with Gasteiger partial charge in [-0.05, 0) is 17.3 Å². The van der Waals surface area contributed by atoms with Crippen molar-refractivity contribution in [1.82, 2.24) is 20.2 Å². The van der Waals surface area contributed by atoms with E-state index >= 15 is 0 Å². The largest absolute Gasteiger partial charge is 0.486 e. The molecule has 8 heteroatoms. The predicted octanol–water partition coefficient (Wildman–Crippen LogP) is 0.132. The molecule has 0 atom stereocenters. The molecule has 92 valence electrons. The van der Waals surface area contributed by atoms with Gasteiger partial charge in [-0.1, -0.05) is 0 Å². The number of tetrazole rings is 1. The molecule has 2 aromatic rings. The summed E-state index contributed by atoms with van der Waals surface area (Å²) in [7, 11) is 0. The first-order valence-electron chi connectivity index (χ1n) is 5.17. The molecular formula is C10H8N4O4. The van der Waals surface area contributed by atoms with Crippen LogP contribution in [0.15, 0.2) is 18.2 Å². The van der Waals surface area contributed by atoms with E-state index in [2.05, 4.69) is 15.4 Å². The fourth-order valence-corrected chi connectivity index (χ4v) is 1.57. The van der Waals surface area contributed by atoms with Gasteiger partial charge in [-0.3, -0.25) is 0 Å². The van der Waals surface area contributed by atoms with Crippen molar-refractivity contribution in [3.05, 3.63) is 24.0 Å². The van der Waals surface area contributed by atoms with E-state index in [1.54, 1.807) is 18.2 Å². The van der Waals surface area contributed by atoms with Crippen LogP contribution in [0.1, 0.15) is 10.6 Å². The number of aromatic carboxylic acids is 1. The lowest BCUT2D eigenvalue weighted by molar-refractivity contribution is 0.0683. The second kappa shape index (κ2) is 3.99. The summed E-state index contributed by atoms with van der Waals surface area (Å²) in [4.78, 5) is 11.8. The van der Waals surface area contributed by atoms with E-state index in [1.165, 1.54) is 0 Å². The van der Waals surface area contributed by atoms with Crippen molar-refractivity contribution in [2.24, 2.45) is 0 Å². The van der Waals surface area contributed by atoms with Crippen LogP contribution in [0, 0.1) is 0 Å². The van der Waals surface area contributed by atoms with Crippen molar-refractivity contribution in [2.75, 3.05) is 13.2 Å². The molecule has 0 saturated heterocycles. The second-order valence-corrected chi connectivity index (χ2v) is 3.54. The summed E-state index contributed by atoms with van der Waals surface area (Å²) >= 11 is 0. The number of rotatable bonds is 2. The molecule has 0 fully saturated rings. The summed E-state index contributed by atoms with van der Waals surface area (Å²) in [5.41, 5.74) is 0.555. The zero-order valence-electron chi connectivity index (χ0n) is 9.11. The quantitative estimate of drug-likeness (QED) is 0.806. The monoisotopic (exact) mass is 248 g/mol. The van der Waals surface area contributed by atoms with Gasteiger partial charge >= 0.3 is 5.97 Å². The molecule has 1 aromatic carbocycles. The average molecular weight is 248 g/mol. The molecule has 3 rings (SSSR count). The lowest BCUT2D eigenvalue weighted by Gasteiger charge is -2.18. The fraction of sp³-hybridized carbons (Fsp3) is 0.200. The Morgan fingerprint density at radius 3 is 2.78 bits per heavy atom. The van der Waals surface area contributed by atoms with E-state index in [1.807, 2.05) is 0 Å². The third kappa shape index (κ3) is 1.73. The van der Waals surface area contributed by atoms with Gasteiger partial charge in [0.15, 0.2) is 11.5 Å². The zero-order chi connectivity index (χ0) is 12.5. The van der Waals surface area contributed by atoms with Gasteiger partial charge in [-0.2, -0.15) is 0 Å². The van der Waals surface area contributed by atoms with Gasteiger partial charge in [0.05, 0.1) is 5.69 Å². The Balaban J connectivity index is 1.98. The number of carboxylic acid groups (broad SMARTS) is 1. The molecule has 2 heterocycles. The molecule has 1 N–H and O–H groups in total. The van der Waals surface area contributed by atoms with E-state index in [0.717, 1.165) is 4.80 Å². The minimum absolute atomic E-state index is 0.357. The molecule has 1 aliphatic rings. The molecular weight excluding hydrogens is 240 g/mol. The molecule has 0 saturated carbocycles. The summed E-state index contributed by atoms with van der Waals surface area (Å²) in [5, 5.41) is 19.5. The van der Waals surface area contributed by atoms with Crippen LogP contribution >= 0.6 is 0 Å². The Kier molecular flexibility index (Phi) is 2.33. The summed E-state index contributed by atoms with van der Waals surface area (Å²) < 4.78 is 10.8. The number of benzene rings is 1. The van der Waals surface area contributed by atoms with Crippen LogP contribution < -0.4 is 9.47 Å². The van der Waals surface area contributed by atoms with Crippen molar-refractivity contribution < 1.29 is 19.4 Å². The molecule has 8 nitrogen and oxygen atoms in total. The highest BCUT2D eigenvalue weighted by Gasteiger charge is 2.15. The van der Waals surface area contributed by atoms with Crippen LogP contribution in [0.5, 0.6) is 11.5 Å². The third-order valence-corrected chi connectivity index (χ3v) is 2.36. The topological polar surface area (TPSA) is 99.4 Å². The van der Waals surface area contributed by atoms with E-state index in [-0.39, 0.29) is 5.82 Å². The smallest absolute Gasteiger partial charge is 0.377 e. The van der Waals surface area contributed by atoms with Crippen molar-refractivity contribution in [3.63, 3.8) is 0 Å². The van der Waals surface area contributed by atoms with Crippen LogP contribution in [0.25, 0.3) is 5.69 Å². The van der Waals surface area contributed by atoms with Crippen molar-refractivity contribution >= 4 is 5.97 Å². The second-order valence-electron chi connectivity index (χ2n) is 3.54. The molecule has 18 heavy (non-hydrogen) atoms. The molecule has 0 unspecified atom stereocenters. The molecule has 0 bridgehead atoms. The molecule has 0 aliphatic carbocycles. The van der Waals surface area contributed by atoms with Crippen LogP contribution in [0.3, 0.4) is 0 Å². The standard InChI is InChI=1S/C10H8N4O4/c15-10(16)9-11-13-14(12-9)6-1-2-7-8(5-6)18-4-3-17-7/h1-2,5H,3-4H2,(H,15,16). The van der Waals surface area contributed by atoms with E-state index < -0.39 is 5.97 Å². The normalized spacial score (nSPS) is 13.3. The molecule has 1 aromatic heterocycles. The van der Waals surface area contributed by atoms with Crippen LogP contribution in [0.4, 0.5) is 0 Å². The van der Waals surface area contributed by atoms with Crippen LogP contribution in [-0.4, -0.2) is 44.5 Å². The van der Waals surface area contributed by atoms with E-state index in [0.29, 0.717) is 30.4 Å². The Morgan fingerprint density at radius 1 is 1.28 bits per heavy atom. The lowest BCUT2D eigenvalue weighted by Crippen LogP contribution is -2.15. The molecule has 1 aliphatic heterocycles. The highest BCUT2D eigenvalue weighted by atomic mass is 16.6. The van der Waals surface area contributed by atoms with Gasteiger partial charge < -0.3 is 14.6 Å². The number of carboxylic acids is 1. The van der Waals surface area contributed by atoms with Crippen LogP contribution in [0.2, 0.25) is 0 Å². The predicted molar refractivity (Wildman–Crippen MR) is 57.1 cm³/mol. The fourth-order valence-electron chi connectivity index (χ4n) is 1.57. The number of hydrogen-bond acceptors (Lipinski definition) is 6. The summed E-state index contributed by atoms with van der Waals surface area (Å²) in [6, 6.07) is 5.08. The summed E-state index contributed by atoms with van der Waals surface area (Å²) in [6.07, 6.45) is 0. The van der Waals surface area contributed by atoms with Crippen LogP contribution in [-0.2, 0) is 0 Å². The van der Waals surface area contributed by atoms with Crippen molar-refractivity contribution in [3.8, 4) is 17.2 Å². The SMILES string of the molecule is O=C(O)c1nnn(-c2ccc3c(c2)OCCO3)n1. The van der Waals surface area contributed by atoms with Gasteiger partial charge in [0, 0.05) is 6.07 Å². The third-order valence-electron chi connectivity index (χ3n) is 2.36. The highest BCUT2D eigenvalue weighted by molar-refractivity contribution is 5.82. The Bertz CT molecular complexity index is 610. The Hall–Kier alpha value is -2.64. The number of ether oxygens (including phenoxy) is 2. The first kappa shape index (κ1) is 10.5. The van der Waals surface area contributed by atoms with Crippen molar-refractivity contribution in [1.29, 1.82) is 0 Å². The molecule has 0 spiro atoms.